The summed E-state index contributed by atoms with van der Waals surface area (Å²) in [4.78, 5) is 12.8. The van der Waals surface area contributed by atoms with E-state index in [9.17, 15) is 9.18 Å². The highest BCUT2D eigenvalue weighted by atomic mass is 19.1. The smallest absolute Gasteiger partial charge is 0.255 e. The van der Waals surface area contributed by atoms with Crippen LogP contribution in [0.1, 0.15) is 33.2 Å². The minimum Gasteiger partial charge on any atom is -0.491 e. The van der Waals surface area contributed by atoms with Crippen molar-refractivity contribution in [3.05, 3.63) is 82.9 Å². The van der Waals surface area contributed by atoms with Gasteiger partial charge < -0.3 is 10.1 Å². The molecule has 6 heteroatoms. The van der Waals surface area contributed by atoms with Crippen molar-refractivity contribution in [2.75, 3.05) is 6.61 Å². The molecule has 4 rings (SSSR count). The van der Waals surface area contributed by atoms with E-state index in [0.717, 1.165) is 16.8 Å². The van der Waals surface area contributed by atoms with Crippen LogP contribution < -0.4 is 10.1 Å². The lowest BCUT2D eigenvalue weighted by atomic mass is 10.1. The monoisotopic (exact) mass is 351 g/mol. The maximum absolute atomic E-state index is 13.3. The Morgan fingerprint density at radius 3 is 2.92 bits per heavy atom. The van der Waals surface area contributed by atoms with Gasteiger partial charge in [0.1, 0.15) is 18.2 Å². The van der Waals surface area contributed by atoms with E-state index in [-0.39, 0.29) is 17.8 Å². The number of nitrogens with zero attached hydrogens (tertiary/aromatic N) is 2. The summed E-state index contributed by atoms with van der Waals surface area (Å²) in [7, 11) is 1.83. The average molecular weight is 351 g/mol. The Labute approximate surface area is 150 Å². The number of carbonyl (C=O) groups is 1. The van der Waals surface area contributed by atoms with Crippen LogP contribution in [-0.2, 0) is 13.5 Å². The summed E-state index contributed by atoms with van der Waals surface area (Å²) in [6, 6.07) is 14.0. The number of carbonyl (C=O) groups excluding carboxylic acids is 1. The van der Waals surface area contributed by atoms with Crippen molar-refractivity contribution in [3.8, 4) is 5.75 Å². The fourth-order valence-corrected chi connectivity index (χ4v) is 3.19. The molecule has 5 nitrogen and oxygen atoms in total. The van der Waals surface area contributed by atoms with Gasteiger partial charge in [-0.1, -0.05) is 36.4 Å². The summed E-state index contributed by atoms with van der Waals surface area (Å²) >= 11 is 0. The third-order valence-corrected chi connectivity index (χ3v) is 4.58. The molecule has 1 aliphatic rings. The summed E-state index contributed by atoms with van der Waals surface area (Å²) in [5.74, 6) is -0.0889. The highest BCUT2D eigenvalue weighted by Crippen LogP contribution is 2.33. The number of ether oxygens (including phenoxy) is 1. The van der Waals surface area contributed by atoms with Crippen LogP contribution in [0.5, 0.6) is 5.75 Å². The number of amides is 1. The average Bonchev–Trinajstić information content (AvgIpc) is 3.20. The molecule has 0 fully saturated rings. The van der Waals surface area contributed by atoms with Crippen molar-refractivity contribution in [2.45, 2.75) is 12.5 Å². The minimum atomic E-state index is -0.354. The van der Waals surface area contributed by atoms with Gasteiger partial charge in [0.25, 0.3) is 5.91 Å². The van der Waals surface area contributed by atoms with Crippen molar-refractivity contribution in [1.29, 1.82) is 0 Å². The molecule has 3 aromatic rings. The van der Waals surface area contributed by atoms with Crippen LogP contribution in [0.2, 0.25) is 0 Å². The quantitative estimate of drug-likeness (QED) is 0.786. The summed E-state index contributed by atoms with van der Waals surface area (Å²) in [5.41, 5.74) is 3.27. The van der Waals surface area contributed by atoms with Crippen molar-refractivity contribution in [1.82, 2.24) is 15.1 Å². The predicted molar refractivity (Wildman–Crippen MR) is 94.6 cm³/mol. The van der Waals surface area contributed by atoms with Gasteiger partial charge in [-0.3, -0.25) is 9.48 Å². The lowest BCUT2D eigenvalue weighted by molar-refractivity contribution is 0.0929. The number of benzene rings is 2. The zero-order chi connectivity index (χ0) is 18.1. The van der Waals surface area contributed by atoms with E-state index in [2.05, 4.69) is 10.4 Å². The van der Waals surface area contributed by atoms with Crippen LogP contribution in [0.25, 0.3) is 0 Å². The van der Waals surface area contributed by atoms with Gasteiger partial charge in [-0.25, -0.2) is 4.39 Å². The zero-order valence-corrected chi connectivity index (χ0v) is 14.3. The number of halogens is 1. The molecule has 1 amide bonds. The first-order valence-corrected chi connectivity index (χ1v) is 8.40. The lowest BCUT2D eigenvalue weighted by Gasteiger charge is -2.12. The van der Waals surface area contributed by atoms with Crippen LogP contribution in [0.15, 0.2) is 54.7 Å². The second-order valence-electron chi connectivity index (χ2n) is 6.31. The van der Waals surface area contributed by atoms with Crippen molar-refractivity contribution < 1.29 is 13.9 Å². The molecule has 1 aliphatic heterocycles. The molecule has 1 unspecified atom stereocenters. The van der Waals surface area contributed by atoms with Gasteiger partial charge in [-0.05, 0) is 11.6 Å². The first-order valence-electron chi connectivity index (χ1n) is 8.40. The van der Waals surface area contributed by atoms with Gasteiger partial charge in [0, 0.05) is 25.1 Å². The fraction of sp³-hybridized carbons (Fsp3) is 0.200. The van der Waals surface area contributed by atoms with E-state index in [0.29, 0.717) is 24.3 Å². The molecule has 1 aromatic heterocycles. The van der Waals surface area contributed by atoms with Crippen molar-refractivity contribution in [3.63, 3.8) is 0 Å². The van der Waals surface area contributed by atoms with E-state index in [1.807, 2.05) is 37.4 Å². The van der Waals surface area contributed by atoms with Crippen LogP contribution in [0, 0.1) is 5.82 Å². The molecule has 0 bridgehead atoms. The molecule has 0 saturated carbocycles. The SMILES string of the molecule is Cn1ncc(C(=O)NC2COc3cc(F)ccc32)c1Cc1ccccc1. The molecule has 0 aliphatic carbocycles. The first kappa shape index (κ1) is 16.3. The number of rotatable bonds is 4. The number of fused-ring (bicyclic) bond motifs is 1. The molecular formula is C20H18FN3O2. The molecular weight excluding hydrogens is 333 g/mol. The Bertz CT molecular complexity index is 953. The van der Waals surface area contributed by atoms with Crippen LogP contribution in [-0.4, -0.2) is 22.3 Å². The van der Waals surface area contributed by atoms with Gasteiger partial charge in [0.2, 0.25) is 0 Å². The zero-order valence-electron chi connectivity index (χ0n) is 14.3. The molecule has 132 valence electrons. The van der Waals surface area contributed by atoms with E-state index in [4.69, 9.17) is 4.74 Å². The molecule has 0 saturated heterocycles. The standard InChI is InChI=1S/C20H18FN3O2/c1-24-18(9-13-5-3-2-4-6-13)16(11-22-24)20(25)23-17-12-26-19-10-14(21)7-8-15(17)19/h2-8,10-11,17H,9,12H2,1H3,(H,23,25). The van der Waals surface area contributed by atoms with Crippen molar-refractivity contribution >= 4 is 5.91 Å². The largest absolute Gasteiger partial charge is 0.491 e. The van der Waals surface area contributed by atoms with Crippen molar-refractivity contribution in [2.24, 2.45) is 7.05 Å². The molecule has 1 atom stereocenters. The minimum absolute atomic E-state index is 0.213. The highest BCUT2D eigenvalue weighted by Gasteiger charge is 2.27. The number of hydrogen-bond acceptors (Lipinski definition) is 3. The van der Waals surface area contributed by atoms with Crippen LogP contribution >= 0.6 is 0 Å². The molecule has 1 N–H and O–H groups in total. The second-order valence-corrected chi connectivity index (χ2v) is 6.31. The Balaban J connectivity index is 1.55. The summed E-state index contributed by atoms with van der Waals surface area (Å²) in [6.45, 7) is 0.290. The normalized spacial score (nSPS) is 15.4. The third kappa shape index (κ3) is 3.06. The molecule has 0 radical (unpaired) electrons. The van der Waals surface area contributed by atoms with Crippen LogP contribution in [0.4, 0.5) is 4.39 Å². The molecule has 2 aromatic carbocycles. The number of hydrogen-bond donors (Lipinski definition) is 1. The Morgan fingerprint density at radius 1 is 1.31 bits per heavy atom. The summed E-state index contributed by atoms with van der Waals surface area (Å²) in [5, 5.41) is 7.21. The van der Waals surface area contributed by atoms with E-state index in [1.165, 1.54) is 12.1 Å². The number of aromatic nitrogens is 2. The third-order valence-electron chi connectivity index (χ3n) is 4.58. The molecule has 0 spiro atoms. The van der Waals surface area contributed by atoms with Gasteiger partial charge >= 0.3 is 0 Å². The summed E-state index contributed by atoms with van der Waals surface area (Å²) < 4.78 is 20.5. The van der Waals surface area contributed by atoms with Crippen LogP contribution in [0.3, 0.4) is 0 Å². The molecule has 26 heavy (non-hydrogen) atoms. The fourth-order valence-electron chi connectivity index (χ4n) is 3.19. The van der Waals surface area contributed by atoms with E-state index >= 15 is 0 Å². The van der Waals surface area contributed by atoms with Gasteiger partial charge in [-0.2, -0.15) is 5.10 Å². The van der Waals surface area contributed by atoms with Gasteiger partial charge in [-0.15, -0.1) is 0 Å². The Kier molecular flexibility index (Phi) is 4.16. The Morgan fingerprint density at radius 2 is 2.12 bits per heavy atom. The lowest BCUT2D eigenvalue weighted by Crippen LogP contribution is -2.30. The van der Waals surface area contributed by atoms with Gasteiger partial charge in [0.05, 0.1) is 23.5 Å². The predicted octanol–water partition coefficient (Wildman–Crippen LogP) is 3.01. The maximum Gasteiger partial charge on any atom is 0.255 e. The topological polar surface area (TPSA) is 56.2 Å². The molecule has 2 heterocycles. The highest BCUT2D eigenvalue weighted by molar-refractivity contribution is 5.95. The first-order chi connectivity index (χ1) is 12.6. The summed E-state index contributed by atoms with van der Waals surface area (Å²) in [6.07, 6.45) is 2.19. The second kappa shape index (κ2) is 6.63. The van der Waals surface area contributed by atoms with E-state index in [1.54, 1.807) is 16.9 Å². The Hall–Kier alpha value is -3.15. The number of nitrogens with one attached hydrogen (secondary N) is 1. The van der Waals surface area contributed by atoms with Gasteiger partial charge in [0.15, 0.2) is 0 Å². The van der Waals surface area contributed by atoms with E-state index < -0.39 is 0 Å². The number of aryl methyl sites for hydroxylation is 1. The maximum atomic E-state index is 13.3.